The van der Waals surface area contributed by atoms with Crippen molar-refractivity contribution in [2.45, 2.75) is 77.8 Å². The average Bonchev–Trinajstić information content (AvgIpc) is 3.45. The zero-order valence-corrected chi connectivity index (χ0v) is 17.5. The molecule has 1 nitrogen and oxygen atoms in total. The van der Waals surface area contributed by atoms with Crippen LogP contribution >= 0.6 is 0 Å². The summed E-state index contributed by atoms with van der Waals surface area (Å²) in [5.41, 5.74) is 6.82. The fraction of sp³-hybridized carbons (Fsp3) is 0.538. The third kappa shape index (κ3) is 3.89. The Hall–Kier alpha value is -1.67. The molecule has 2 atom stereocenters. The van der Waals surface area contributed by atoms with E-state index >= 15 is 0 Å². The van der Waals surface area contributed by atoms with E-state index in [4.69, 9.17) is 0 Å². The van der Waals surface area contributed by atoms with E-state index in [1.165, 1.54) is 48.8 Å². The van der Waals surface area contributed by atoms with Crippen LogP contribution < -0.4 is 5.32 Å². The highest BCUT2D eigenvalue weighted by Crippen LogP contribution is 2.55. The van der Waals surface area contributed by atoms with E-state index in [0.717, 1.165) is 30.7 Å². The van der Waals surface area contributed by atoms with Crippen LogP contribution in [0.1, 0.15) is 69.9 Å². The van der Waals surface area contributed by atoms with Crippen molar-refractivity contribution < 1.29 is 4.39 Å². The summed E-state index contributed by atoms with van der Waals surface area (Å²) in [5.74, 6) is 0.676. The van der Waals surface area contributed by atoms with Gasteiger partial charge in [-0.05, 0) is 92.4 Å². The number of rotatable bonds is 8. The molecule has 1 N–H and O–H groups in total. The van der Waals surface area contributed by atoms with E-state index in [1.807, 2.05) is 6.07 Å². The van der Waals surface area contributed by atoms with Gasteiger partial charge in [-0.1, -0.05) is 43.4 Å². The lowest BCUT2D eigenvalue weighted by atomic mass is 9.67. The van der Waals surface area contributed by atoms with Gasteiger partial charge in [-0.3, -0.25) is 0 Å². The predicted molar refractivity (Wildman–Crippen MR) is 116 cm³/mol. The van der Waals surface area contributed by atoms with Gasteiger partial charge in [-0.25, -0.2) is 4.39 Å². The molecular weight excluding hydrogens is 345 g/mol. The lowest BCUT2D eigenvalue weighted by molar-refractivity contribution is 0.251. The fourth-order valence-electron chi connectivity index (χ4n) is 5.38. The van der Waals surface area contributed by atoms with Gasteiger partial charge in [0.25, 0.3) is 0 Å². The molecule has 2 saturated carbocycles. The van der Waals surface area contributed by atoms with Crippen LogP contribution in [0.25, 0.3) is 0 Å². The molecule has 0 aliphatic heterocycles. The molecule has 0 aromatic heterocycles. The van der Waals surface area contributed by atoms with E-state index < -0.39 is 0 Å². The first-order valence-electron chi connectivity index (χ1n) is 11.0. The summed E-state index contributed by atoms with van der Waals surface area (Å²) >= 11 is 0. The molecule has 4 rings (SSSR count). The Kier molecular flexibility index (Phi) is 5.60. The maximum Gasteiger partial charge on any atom is 0.127 e. The number of benzene rings is 1. The first-order valence-corrected chi connectivity index (χ1v) is 11.0. The fourth-order valence-corrected chi connectivity index (χ4v) is 5.38. The molecule has 0 amide bonds. The largest absolute Gasteiger partial charge is 0.310 e. The van der Waals surface area contributed by atoms with Gasteiger partial charge in [0, 0.05) is 18.2 Å². The first kappa shape index (κ1) is 19.6. The monoisotopic (exact) mass is 379 g/mol. The first-order chi connectivity index (χ1) is 13.5. The number of halogens is 1. The predicted octanol–water partition coefficient (Wildman–Crippen LogP) is 6.65. The summed E-state index contributed by atoms with van der Waals surface area (Å²) in [6.07, 6.45) is 14.0. The van der Waals surface area contributed by atoms with Crippen molar-refractivity contribution in [1.29, 1.82) is 0 Å². The number of hydrogen-bond donors (Lipinski definition) is 1. The Morgan fingerprint density at radius 2 is 2.11 bits per heavy atom. The Morgan fingerprint density at radius 1 is 1.29 bits per heavy atom. The summed E-state index contributed by atoms with van der Waals surface area (Å²) in [6, 6.07) is 6.21. The second-order valence-electron chi connectivity index (χ2n) is 9.34. The lowest BCUT2D eigenvalue weighted by Crippen LogP contribution is -2.26. The standard InChI is InChI=1S/C26H34FN/c1-4-19-16-26(3)21(11-12-22(26)15-18(19)2)9-5-7-20-8-6-10-25(27)24(20)17-28-23-13-14-23/h4,6,8,10,15,21,23,28H,1,5,7,9,11-14,16-17H2,2-3H3. The second-order valence-corrected chi connectivity index (χ2v) is 9.34. The summed E-state index contributed by atoms with van der Waals surface area (Å²) < 4.78 is 14.4. The zero-order chi connectivity index (χ0) is 19.7. The quantitative estimate of drug-likeness (QED) is 0.533. The molecule has 2 heteroatoms. The maximum absolute atomic E-state index is 14.4. The second kappa shape index (κ2) is 7.99. The molecule has 0 spiro atoms. The van der Waals surface area contributed by atoms with Gasteiger partial charge in [0.15, 0.2) is 0 Å². The van der Waals surface area contributed by atoms with Crippen LogP contribution in [0, 0.1) is 17.2 Å². The molecule has 3 aliphatic carbocycles. The van der Waals surface area contributed by atoms with Gasteiger partial charge in [-0.2, -0.15) is 0 Å². The summed E-state index contributed by atoms with van der Waals surface area (Å²) in [4.78, 5) is 0. The van der Waals surface area contributed by atoms with Crippen LogP contribution in [0.2, 0.25) is 0 Å². The van der Waals surface area contributed by atoms with E-state index in [9.17, 15) is 4.39 Å². The maximum atomic E-state index is 14.4. The molecule has 28 heavy (non-hydrogen) atoms. The number of nitrogens with one attached hydrogen (secondary N) is 1. The van der Waals surface area contributed by atoms with E-state index in [2.05, 4.69) is 44.0 Å². The van der Waals surface area contributed by atoms with Gasteiger partial charge in [0.2, 0.25) is 0 Å². The third-order valence-electron chi connectivity index (χ3n) is 7.46. The topological polar surface area (TPSA) is 12.0 Å². The van der Waals surface area contributed by atoms with Crippen LogP contribution in [-0.4, -0.2) is 6.04 Å². The Bertz CT molecular complexity index is 814. The summed E-state index contributed by atoms with van der Waals surface area (Å²) in [7, 11) is 0. The van der Waals surface area contributed by atoms with Crippen molar-refractivity contribution in [1.82, 2.24) is 5.32 Å². The highest BCUT2D eigenvalue weighted by molar-refractivity contribution is 5.43. The molecular formula is C26H34FN. The smallest absolute Gasteiger partial charge is 0.127 e. The normalized spacial score (nSPS) is 27.0. The van der Waals surface area contributed by atoms with E-state index in [-0.39, 0.29) is 5.82 Å². The summed E-state index contributed by atoms with van der Waals surface area (Å²) in [6.45, 7) is 9.38. The molecule has 1 aromatic carbocycles. The number of fused-ring (bicyclic) bond motifs is 1. The van der Waals surface area contributed by atoms with Gasteiger partial charge in [0.1, 0.15) is 5.82 Å². The minimum Gasteiger partial charge on any atom is -0.310 e. The molecule has 3 aliphatic rings. The third-order valence-corrected chi connectivity index (χ3v) is 7.46. The van der Waals surface area contributed by atoms with Gasteiger partial charge >= 0.3 is 0 Å². The van der Waals surface area contributed by atoms with E-state index in [1.54, 1.807) is 11.6 Å². The Morgan fingerprint density at radius 3 is 2.86 bits per heavy atom. The van der Waals surface area contributed by atoms with Crippen molar-refractivity contribution >= 4 is 0 Å². The van der Waals surface area contributed by atoms with Crippen molar-refractivity contribution in [3.63, 3.8) is 0 Å². The molecule has 0 saturated heterocycles. The van der Waals surface area contributed by atoms with Crippen molar-refractivity contribution in [3.05, 3.63) is 70.6 Å². The highest BCUT2D eigenvalue weighted by Gasteiger charge is 2.43. The minimum atomic E-state index is -0.0489. The minimum absolute atomic E-state index is 0.0489. The van der Waals surface area contributed by atoms with Crippen LogP contribution in [0.3, 0.4) is 0 Å². The molecule has 2 unspecified atom stereocenters. The number of hydrogen-bond acceptors (Lipinski definition) is 1. The van der Waals surface area contributed by atoms with Gasteiger partial charge < -0.3 is 5.32 Å². The summed E-state index contributed by atoms with van der Waals surface area (Å²) in [5, 5.41) is 3.48. The Labute approximate surface area is 169 Å². The molecule has 1 aromatic rings. The molecule has 0 radical (unpaired) electrons. The van der Waals surface area contributed by atoms with Crippen molar-refractivity contribution in [2.75, 3.05) is 0 Å². The van der Waals surface area contributed by atoms with Crippen molar-refractivity contribution in [3.8, 4) is 0 Å². The Balaban J connectivity index is 1.39. The van der Waals surface area contributed by atoms with Crippen LogP contribution in [0.4, 0.5) is 4.39 Å². The molecule has 2 fully saturated rings. The molecule has 0 heterocycles. The highest BCUT2D eigenvalue weighted by atomic mass is 19.1. The van der Waals surface area contributed by atoms with Crippen molar-refractivity contribution in [2.24, 2.45) is 11.3 Å². The average molecular weight is 380 g/mol. The molecule has 150 valence electrons. The number of allylic oxidation sites excluding steroid dienone is 5. The zero-order valence-electron chi connectivity index (χ0n) is 17.5. The lowest BCUT2D eigenvalue weighted by Gasteiger charge is -2.37. The van der Waals surface area contributed by atoms with Crippen LogP contribution in [0.15, 0.2) is 53.6 Å². The van der Waals surface area contributed by atoms with Gasteiger partial charge in [-0.15, -0.1) is 0 Å². The number of aryl methyl sites for hydroxylation is 1. The van der Waals surface area contributed by atoms with E-state index in [0.29, 0.717) is 18.0 Å². The molecule has 0 bridgehead atoms. The van der Waals surface area contributed by atoms with Crippen LogP contribution in [0.5, 0.6) is 0 Å². The SMILES string of the molecule is C=CC1=C(C)C=C2CCC(CCCc3cccc(F)c3CNC3CC3)C2(C)C1. The van der Waals surface area contributed by atoms with Crippen LogP contribution in [-0.2, 0) is 13.0 Å². The van der Waals surface area contributed by atoms with Gasteiger partial charge in [0.05, 0.1) is 0 Å².